The quantitative estimate of drug-likeness (QED) is 0.330. The molecule has 1 aromatic heterocycles. The van der Waals surface area contributed by atoms with Crippen molar-refractivity contribution in [1.82, 2.24) is 15.2 Å². The Balaban J connectivity index is 1.60. The molecule has 8 N–H and O–H groups in total. The first-order valence-corrected chi connectivity index (χ1v) is 9.52. The summed E-state index contributed by atoms with van der Waals surface area (Å²) in [5.41, 5.74) is 14.2. The van der Waals surface area contributed by atoms with Crippen LogP contribution in [0.4, 0.5) is 5.69 Å². The molecule has 0 radical (unpaired) electrons. The van der Waals surface area contributed by atoms with Gasteiger partial charge in [-0.25, -0.2) is 4.98 Å². The lowest BCUT2D eigenvalue weighted by Crippen LogP contribution is -2.39. The molecule has 0 atom stereocenters. The second-order valence-corrected chi connectivity index (χ2v) is 7.12. The lowest BCUT2D eigenvalue weighted by Gasteiger charge is -2.25. The number of nitrogens with one attached hydrogen (secondary N) is 4. The van der Waals surface area contributed by atoms with Crippen molar-refractivity contribution in [2.24, 2.45) is 11.5 Å². The van der Waals surface area contributed by atoms with Gasteiger partial charge in [-0.15, -0.1) is 11.3 Å². The van der Waals surface area contributed by atoms with Gasteiger partial charge in [-0.05, 0) is 29.7 Å². The second-order valence-electron chi connectivity index (χ2n) is 6.27. The minimum Gasteiger partial charge on any atom is -0.370 e. The van der Waals surface area contributed by atoms with E-state index < -0.39 is 0 Å². The van der Waals surface area contributed by atoms with E-state index in [0.717, 1.165) is 23.3 Å². The average molecular weight is 398 g/mol. The lowest BCUT2D eigenvalue weighted by atomic mass is 10.1. The molecule has 3 rings (SSSR count). The predicted molar refractivity (Wildman–Crippen MR) is 111 cm³/mol. The molecule has 10 heteroatoms. The SMILES string of the molecule is N=C(N)NCc1ccc(NC(=O)c2nc(C3=CCN(C(=N)N)CC3)cs2)cc1. The Hall–Kier alpha value is -3.40. The largest absolute Gasteiger partial charge is 0.370 e. The van der Waals surface area contributed by atoms with E-state index in [2.05, 4.69) is 15.6 Å². The number of hydrogen-bond acceptors (Lipinski definition) is 5. The molecule has 2 aromatic rings. The summed E-state index contributed by atoms with van der Waals surface area (Å²) in [6, 6.07) is 7.30. The second kappa shape index (κ2) is 8.53. The van der Waals surface area contributed by atoms with Crippen molar-refractivity contribution in [3.8, 4) is 0 Å². The van der Waals surface area contributed by atoms with Crippen LogP contribution >= 0.6 is 11.3 Å². The maximum Gasteiger partial charge on any atom is 0.284 e. The Bertz CT molecular complexity index is 918. The molecule has 0 bridgehead atoms. The Labute approximate surface area is 166 Å². The van der Waals surface area contributed by atoms with Gasteiger partial charge in [0, 0.05) is 30.7 Å². The van der Waals surface area contributed by atoms with E-state index in [1.807, 2.05) is 23.6 Å². The van der Waals surface area contributed by atoms with Gasteiger partial charge in [0.05, 0.1) is 5.69 Å². The highest BCUT2D eigenvalue weighted by atomic mass is 32.1. The van der Waals surface area contributed by atoms with Crippen molar-refractivity contribution in [3.63, 3.8) is 0 Å². The first-order valence-electron chi connectivity index (χ1n) is 8.64. The summed E-state index contributed by atoms with van der Waals surface area (Å²) in [7, 11) is 0. The highest BCUT2D eigenvalue weighted by Crippen LogP contribution is 2.24. The molecule has 0 aliphatic carbocycles. The van der Waals surface area contributed by atoms with E-state index in [1.54, 1.807) is 17.0 Å². The van der Waals surface area contributed by atoms with Gasteiger partial charge < -0.3 is 27.0 Å². The van der Waals surface area contributed by atoms with Crippen molar-refractivity contribution in [3.05, 3.63) is 52.0 Å². The number of nitrogens with two attached hydrogens (primary N) is 2. The number of aromatic nitrogens is 1. The first-order chi connectivity index (χ1) is 13.4. The molecule has 1 amide bonds. The minimum absolute atomic E-state index is 0.0664. The van der Waals surface area contributed by atoms with Crippen molar-refractivity contribution >= 4 is 40.4 Å². The molecule has 146 valence electrons. The average Bonchev–Trinajstić information content (AvgIpc) is 3.18. The number of hydrogen-bond donors (Lipinski definition) is 6. The van der Waals surface area contributed by atoms with Gasteiger partial charge in [0.25, 0.3) is 5.91 Å². The van der Waals surface area contributed by atoms with E-state index in [1.165, 1.54) is 11.3 Å². The monoisotopic (exact) mass is 398 g/mol. The lowest BCUT2D eigenvalue weighted by molar-refractivity contribution is 0.102. The summed E-state index contributed by atoms with van der Waals surface area (Å²) in [6.45, 7) is 1.70. The van der Waals surface area contributed by atoms with E-state index >= 15 is 0 Å². The zero-order valence-corrected chi connectivity index (χ0v) is 16.0. The minimum atomic E-state index is -0.257. The molecule has 1 aromatic carbocycles. The summed E-state index contributed by atoms with van der Waals surface area (Å²) in [5, 5.41) is 22.5. The zero-order valence-electron chi connectivity index (χ0n) is 15.2. The fraction of sp³-hybridized carbons (Fsp3) is 0.222. The predicted octanol–water partition coefficient (Wildman–Crippen LogP) is 1.36. The van der Waals surface area contributed by atoms with Gasteiger partial charge in [-0.3, -0.25) is 15.6 Å². The Morgan fingerprint density at radius 1 is 1.25 bits per heavy atom. The third kappa shape index (κ3) is 4.86. The van der Waals surface area contributed by atoms with Crippen LogP contribution in [0.2, 0.25) is 0 Å². The summed E-state index contributed by atoms with van der Waals surface area (Å²) in [6.07, 6.45) is 2.73. The summed E-state index contributed by atoms with van der Waals surface area (Å²) in [4.78, 5) is 18.7. The van der Waals surface area contributed by atoms with Crippen molar-refractivity contribution < 1.29 is 4.79 Å². The number of rotatable bonds is 5. The highest BCUT2D eigenvalue weighted by molar-refractivity contribution is 7.12. The van der Waals surface area contributed by atoms with Gasteiger partial charge in [0.2, 0.25) is 0 Å². The molecule has 0 fully saturated rings. The number of thiazole rings is 1. The van der Waals surface area contributed by atoms with Gasteiger partial charge in [0.1, 0.15) is 0 Å². The maximum absolute atomic E-state index is 12.5. The molecule has 0 saturated heterocycles. The molecular formula is C18H22N8OS. The molecule has 28 heavy (non-hydrogen) atoms. The Morgan fingerprint density at radius 2 is 2.00 bits per heavy atom. The van der Waals surface area contributed by atoms with Crippen LogP contribution in [-0.2, 0) is 6.54 Å². The normalized spacial score (nSPS) is 13.6. The molecule has 9 nitrogen and oxygen atoms in total. The van der Waals surface area contributed by atoms with Crippen LogP contribution in [0.5, 0.6) is 0 Å². The molecule has 1 aliphatic heterocycles. The van der Waals surface area contributed by atoms with Crippen LogP contribution in [-0.4, -0.2) is 40.8 Å². The van der Waals surface area contributed by atoms with E-state index in [9.17, 15) is 4.79 Å². The van der Waals surface area contributed by atoms with Crippen molar-refractivity contribution in [2.75, 3.05) is 18.4 Å². The summed E-state index contributed by atoms with van der Waals surface area (Å²) < 4.78 is 0. The van der Waals surface area contributed by atoms with Crippen LogP contribution in [0.15, 0.2) is 35.7 Å². The van der Waals surface area contributed by atoms with Crippen molar-refractivity contribution in [2.45, 2.75) is 13.0 Å². The smallest absolute Gasteiger partial charge is 0.284 e. The fourth-order valence-electron chi connectivity index (χ4n) is 2.73. The standard InChI is InChI=1S/C18H22N8OS/c19-17(20)23-9-11-1-3-13(4-2-11)24-15(27)16-25-14(10-28-16)12-5-7-26(8-6-12)18(21)22/h1-5,10H,6-9H2,(H3,21,22)(H,24,27)(H4,19,20,23). The molecule has 1 aliphatic rings. The van der Waals surface area contributed by atoms with Crippen LogP contribution in [0, 0.1) is 10.8 Å². The van der Waals surface area contributed by atoms with Crippen molar-refractivity contribution in [1.29, 1.82) is 10.8 Å². The van der Waals surface area contributed by atoms with Crippen LogP contribution in [0.25, 0.3) is 5.57 Å². The van der Waals surface area contributed by atoms with Crippen LogP contribution < -0.4 is 22.1 Å². The molecule has 0 unspecified atom stereocenters. The van der Waals surface area contributed by atoms with Crippen LogP contribution in [0.1, 0.15) is 27.5 Å². The summed E-state index contributed by atoms with van der Waals surface area (Å²) >= 11 is 1.30. The maximum atomic E-state index is 12.5. The third-order valence-electron chi connectivity index (χ3n) is 4.27. The molecular weight excluding hydrogens is 376 g/mol. The van der Waals surface area contributed by atoms with Gasteiger partial charge in [-0.1, -0.05) is 18.2 Å². The highest BCUT2D eigenvalue weighted by Gasteiger charge is 2.18. The Kier molecular flexibility index (Phi) is 5.90. The fourth-order valence-corrected chi connectivity index (χ4v) is 3.47. The molecule has 0 saturated carbocycles. The number of guanidine groups is 2. The number of anilines is 1. The van der Waals surface area contributed by atoms with Gasteiger partial charge >= 0.3 is 0 Å². The number of amides is 1. The number of carbonyl (C=O) groups excluding carboxylic acids is 1. The molecule has 2 heterocycles. The molecule has 0 spiro atoms. The topological polar surface area (TPSA) is 157 Å². The number of benzene rings is 1. The Morgan fingerprint density at radius 3 is 2.61 bits per heavy atom. The summed E-state index contributed by atoms with van der Waals surface area (Å²) in [5.74, 6) is -0.275. The zero-order chi connectivity index (χ0) is 20.1. The number of carbonyl (C=O) groups is 1. The van der Waals surface area contributed by atoms with Gasteiger partial charge in [0.15, 0.2) is 16.9 Å². The van der Waals surface area contributed by atoms with E-state index in [0.29, 0.717) is 30.3 Å². The first kappa shape index (κ1) is 19.4. The van der Waals surface area contributed by atoms with Crippen LogP contribution in [0.3, 0.4) is 0 Å². The third-order valence-corrected chi connectivity index (χ3v) is 5.11. The number of nitrogens with zero attached hydrogens (tertiary/aromatic N) is 2. The van der Waals surface area contributed by atoms with E-state index in [-0.39, 0.29) is 17.8 Å². The van der Waals surface area contributed by atoms with E-state index in [4.69, 9.17) is 22.3 Å². The van der Waals surface area contributed by atoms with Gasteiger partial charge in [-0.2, -0.15) is 0 Å².